The van der Waals surface area contributed by atoms with E-state index in [1.54, 1.807) is 0 Å². The van der Waals surface area contributed by atoms with Gasteiger partial charge in [-0.3, -0.25) is 10.2 Å². The fourth-order valence-corrected chi connectivity index (χ4v) is 1.81. The molecule has 0 aliphatic carbocycles. The van der Waals surface area contributed by atoms with E-state index in [2.05, 4.69) is 15.9 Å². The summed E-state index contributed by atoms with van der Waals surface area (Å²) in [6.45, 7) is 0. The smallest absolute Gasteiger partial charge is 0.353 e. The topological polar surface area (TPSA) is 109 Å². The minimum atomic E-state index is -1.19. The van der Waals surface area contributed by atoms with Crippen molar-refractivity contribution in [3.63, 3.8) is 0 Å². The molecule has 0 unspecified atom stereocenters. The maximum atomic E-state index is 10.9. The van der Waals surface area contributed by atoms with Crippen LogP contribution in [0.15, 0.2) is 10.5 Å². The molecule has 1 amide bonds. The summed E-state index contributed by atoms with van der Waals surface area (Å²) in [5.41, 5.74) is 4.67. The van der Waals surface area contributed by atoms with Gasteiger partial charge in [-0.25, -0.2) is 4.79 Å². The third-order valence-corrected chi connectivity index (χ3v) is 2.50. The quantitative estimate of drug-likeness (QED) is 0.709. The number of halogens is 1. The van der Waals surface area contributed by atoms with Crippen LogP contribution in [0.3, 0.4) is 0 Å². The standard InChI is InChI=1S/C8H8BrN3O3/c1-12-5(8(14)15)4(9)2-3(6(12)10)7(11)13/h2,10H,1H3,(H2,11,13)(H,14,15). The lowest BCUT2D eigenvalue weighted by Gasteiger charge is -2.09. The minimum Gasteiger partial charge on any atom is -0.477 e. The van der Waals surface area contributed by atoms with Crippen LogP contribution in [0.5, 0.6) is 0 Å². The molecule has 7 heteroatoms. The molecule has 4 N–H and O–H groups in total. The lowest BCUT2D eigenvalue weighted by Crippen LogP contribution is -2.31. The largest absolute Gasteiger partial charge is 0.477 e. The van der Waals surface area contributed by atoms with E-state index >= 15 is 0 Å². The van der Waals surface area contributed by atoms with Crippen LogP contribution < -0.4 is 11.2 Å². The second kappa shape index (κ2) is 3.85. The van der Waals surface area contributed by atoms with Crippen LogP contribution in [0.1, 0.15) is 20.8 Å². The summed E-state index contributed by atoms with van der Waals surface area (Å²) in [5.74, 6) is -1.96. The molecule has 0 fully saturated rings. The number of hydrogen-bond acceptors (Lipinski definition) is 3. The zero-order valence-electron chi connectivity index (χ0n) is 7.74. The highest BCUT2D eigenvalue weighted by molar-refractivity contribution is 9.10. The number of carbonyl (C=O) groups excluding carboxylic acids is 1. The Morgan fingerprint density at radius 2 is 2.13 bits per heavy atom. The lowest BCUT2D eigenvalue weighted by molar-refractivity contribution is 0.0682. The number of carboxylic acids is 1. The maximum absolute atomic E-state index is 10.9. The summed E-state index contributed by atoms with van der Waals surface area (Å²) >= 11 is 3.01. The molecule has 6 nitrogen and oxygen atoms in total. The van der Waals surface area contributed by atoms with E-state index in [-0.39, 0.29) is 21.2 Å². The van der Waals surface area contributed by atoms with Crippen molar-refractivity contribution in [1.29, 1.82) is 5.41 Å². The first-order chi connectivity index (χ1) is 6.86. The van der Waals surface area contributed by atoms with Crippen LogP contribution >= 0.6 is 15.9 Å². The minimum absolute atomic E-state index is 0.0330. The van der Waals surface area contributed by atoms with Gasteiger partial charge in [0.2, 0.25) is 0 Å². The zero-order valence-corrected chi connectivity index (χ0v) is 9.33. The van der Waals surface area contributed by atoms with Crippen LogP contribution in [-0.2, 0) is 7.05 Å². The molecule has 0 spiro atoms. The number of pyridine rings is 1. The first-order valence-corrected chi connectivity index (χ1v) is 4.62. The van der Waals surface area contributed by atoms with Gasteiger partial charge in [0.15, 0.2) is 0 Å². The van der Waals surface area contributed by atoms with Gasteiger partial charge in [0.1, 0.15) is 11.2 Å². The van der Waals surface area contributed by atoms with Crippen LogP contribution in [0.2, 0.25) is 0 Å². The van der Waals surface area contributed by atoms with Crippen molar-refractivity contribution < 1.29 is 14.7 Å². The van der Waals surface area contributed by atoms with Crippen LogP contribution in [-0.4, -0.2) is 21.6 Å². The van der Waals surface area contributed by atoms with E-state index in [9.17, 15) is 9.59 Å². The third-order valence-electron chi connectivity index (χ3n) is 1.89. The van der Waals surface area contributed by atoms with Gasteiger partial charge in [0, 0.05) is 11.5 Å². The van der Waals surface area contributed by atoms with Crippen molar-refractivity contribution in [3.05, 3.63) is 27.3 Å². The normalized spacial score (nSPS) is 10.0. The molecule has 1 aromatic rings. The Labute approximate surface area is 93.0 Å². The fourth-order valence-electron chi connectivity index (χ4n) is 1.15. The summed E-state index contributed by atoms with van der Waals surface area (Å²) in [5, 5.41) is 16.4. The summed E-state index contributed by atoms with van der Waals surface area (Å²) in [6, 6.07) is 1.23. The van der Waals surface area contributed by atoms with Gasteiger partial charge in [-0.05, 0) is 22.0 Å². The fraction of sp³-hybridized carbons (Fsp3) is 0.125. The Kier molecular flexibility index (Phi) is 2.94. The average Bonchev–Trinajstić information content (AvgIpc) is 2.10. The molecule has 1 heterocycles. The lowest BCUT2D eigenvalue weighted by atomic mass is 10.2. The maximum Gasteiger partial charge on any atom is 0.353 e. The number of aromatic nitrogens is 1. The number of nitrogens with two attached hydrogens (primary N) is 1. The van der Waals surface area contributed by atoms with E-state index in [0.717, 1.165) is 4.57 Å². The highest BCUT2D eigenvalue weighted by atomic mass is 79.9. The molecule has 0 bridgehead atoms. The number of nitrogens with one attached hydrogen (secondary N) is 1. The van der Waals surface area contributed by atoms with Gasteiger partial charge in [-0.2, -0.15) is 0 Å². The number of carboxylic acid groups (broad SMARTS) is 1. The number of rotatable bonds is 2. The molecule has 0 saturated heterocycles. The van der Waals surface area contributed by atoms with Gasteiger partial charge in [-0.1, -0.05) is 0 Å². The Morgan fingerprint density at radius 3 is 2.53 bits per heavy atom. The predicted molar refractivity (Wildman–Crippen MR) is 54.4 cm³/mol. The highest BCUT2D eigenvalue weighted by Gasteiger charge is 2.16. The van der Waals surface area contributed by atoms with E-state index in [4.69, 9.17) is 16.2 Å². The van der Waals surface area contributed by atoms with Crippen molar-refractivity contribution in [2.75, 3.05) is 0 Å². The highest BCUT2D eigenvalue weighted by Crippen LogP contribution is 2.15. The average molecular weight is 274 g/mol. The number of hydrogen-bond donors (Lipinski definition) is 3. The monoisotopic (exact) mass is 273 g/mol. The molecule has 80 valence electrons. The van der Waals surface area contributed by atoms with Gasteiger partial charge in [-0.15, -0.1) is 0 Å². The Hall–Kier alpha value is -1.63. The van der Waals surface area contributed by atoms with Crippen molar-refractivity contribution in [2.24, 2.45) is 12.8 Å². The third kappa shape index (κ3) is 1.91. The molecule has 0 saturated carbocycles. The predicted octanol–water partition coefficient (Wildman–Crippen LogP) is 0.0642. The van der Waals surface area contributed by atoms with E-state index < -0.39 is 11.9 Å². The number of amides is 1. The zero-order chi connectivity index (χ0) is 11.7. The molecular formula is C8H8BrN3O3. The van der Waals surface area contributed by atoms with E-state index in [0.29, 0.717) is 0 Å². The molecule has 0 aliphatic heterocycles. The molecule has 0 atom stereocenters. The Balaban J connectivity index is 3.66. The molecule has 0 aliphatic rings. The first kappa shape index (κ1) is 11.4. The number of aromatic carboxylic acids is 1. The Morgan fingerprint density at radius 1 is 1.60 bits per heavy atom. The van der Waals surface area contributed by atoms with Gasteiger partial charge < -0.3 is 15.4 Å². The second-order valence-corrected chi connectivity index (χ2v) is 3.69. The Bertz CT molecular complexity index is 507. The van der Waals surface area contributed by atoms with Crippen molar-refractivity contribution in [2.45, 2.75) is 0 Å². The second-order valence-electron chi connectivity index (χ2n) is 2.83. The van der Waals surface area contributed by atoms with Crippen molar-refractivity contribution in [3.8, 4) is 0 Å². The number of nitrogens with zero attached hydrogens (tertiary/aromatic N) is 1. The number of primary amides is 1. The molecule has 0 radical (unpaired) electrons. The summed E-state index contributed by atoms with van der Waals surface area (Å²) in [7, 11) is 1.38. The first-order valence-electron chi connectivity index (χ1n) is 3.83. The molecule has 1 rings (SSSR count). The van der Waals surface area contributed by atoms with Crippen LogP contribution in [0.4, 0.5) is 0 Å². The van der Waals surface area contributed by atoms with Crippen molar-refractivity contribution in [1.82, 2.24) is 4.57 Å². The molecular weight excluding hydrogens is 266 g/mol. The van der Waals surface area contributed by atoms with Crippen molar-refractivity contribution >= 4 is 27.8 Å². The molecule has 15 heavy (non-hydrogen) atoms. The SMILES string of the molecule is Cn1c(C(=O)O)c(Br)cc(C(N)=O)c1=N. The molecule has 1 aromatic heterocycles. The summed E-state index contributed by atoms with van der Waals surface area (Å²) < 4.78 is 1.29. The summed E-state index contributed by atoms with van der Waals surface area (Å²) in [4.78, 5) is 21.8. The van der Waals surface area contributed by atoms with E-state index in [1.807, 2.05) is 0 Å². The molecule has 0 aromatic carbocycles. The van der Waals surface area contributed by atoms with E-state index in [1.165, 1.54) is 13.1 Å². The van der Waals surface area contributed by atoms with Gasteiger partial charge in [0.25, 0.3) is 5.91 Å². The summed E-state index contributed by atoms with van der Waals surface area (Å²) in [6.07, 6.45) is 0. The van der Waals surface area contributed by atoms with Crippen LogP contribution in [0.25, 0.3) is 0 Å². The van der Waals surface area contributed by atoms with Gasteiger partial charge >= 0.3 is 5.97 Å². The van der Waals surface area contributed by atoms with Gasteiger partial charge in [0.05, 0.1) is 5.56 Å². The van der Waals surface area contributed by atoms with Crippen LogP contribution in [0, 0.1) is 5.41 Å². The number of carbonyl (C=O) groups is 2.